The lowest BCUT2D eigenvalue weighted by atomic mass is 9.99. The second-order valence-corrected chi connectivity index (χ2v) is 4.67. The van der Waals surface area contributed by atoms with Gasteiger partial charge in [0.05, 0.1) is 6.61 Å². The van der Waals surface area contributed by atoms with Gasteiger partial charge in [0.2, 0.25) is 0 Å². The van der Waals surface area contributed by atoms with Crippen LogP contribution in [0, 0.1) is 5.41 Å². The fraction of sp³-hybridized carbons (Fsp3) is 1.00. The van der Waals surface area contributed by atoms with E-state index in [1.807, 2.05) is 0 Å². The number of unbranched alkanes of at least 4 members (excludes halogenated alkanes) is 1. The minimum Gasteiger partial charge on any atom is -0.381 e. The van der Waals surface area contributed by atoms with E-state index < -0.39 is 0 Å². The van der Waals surface area contributed by atoms with Gasteiger partial charge in [-0.3, -0.25) is 0 Å². The van der Waals surface area contributed by atoms with Crippen LogP contribution in [0.4, 0.5) is 0 Å². The van der Waals surface area contributed by atoms with Crippen molar-refractivity contribution in [2.45, 2.75) is 40.5 Å². The highest BCUT2D eigenvalue weighted by molar-refractivity contribution is 4.58. The molecule has 0 spiro atoms. The van der Waals surface area contributed by atoms with Crippen LogP contribution in [0.15, 0.2) is 0 Å². The molecule has 0 aliphatic rings. The Labute approximate surface area is 83.1 Å². The molecule has 0 bridgehead atoms. The molecule has 2 heteroatoms. The lowest BCUT2D eigenvalue weighted by Gasteiger charge is -2.17. The quantitative estimate of drug-likeness (QED) is 0.618. The minimum absolute atomic E-state index is 0.307. The normalized spacial score (nSPS) is 12.0. The second kappa shape index (κ2) is 7.34. The average Bonchev–Trinajstić information content (AvgIpc) is 2.01. The Morgan fingerprint density at radius 2 is 1.85 bits per heavy atom. The molecule has 0 heterocycles. The first kappa shape index (κ1) is 12.9. The third-order valence-corrected chi connectivity index (χ3v) is 1.68. The van der Waals surface area contributed by atoms with E-state index in [-0.39, 0.29) is 0 Å². The van der Waals surface area contributed by atoms with Crippen molar-refractivity contribution in [2.75, 3.05) is 26.3 Å². The Morgan fingerprint density at radius 3 is 2.38 bits per heavy atom. The zero-order valence-corrected chi connectivity index (χ0v) is 9.65. The van der Waals surface area contributed by atoms with Crippen LogP contribution >= 0.6 is 0 Å². The number of ether oxygens (including phenoxy) is 1. The van der Waals surface area contributed by atoms with E-state index >= 15 is 0 Å². The van der Waals surface area contributed by atoms with Crippen LogP contribution in [-0.4, -0.2) is 26.3 Å². The summed E-state index contributed by atoms with van der Waals surface area (Å²) in [5, 5.41) is 3.30. The average molecular weight is 187 g/mol. The summed E-state index contributed by atoms with van der Waals surface area (Å²) in [4.78, 5) is 0. The summed E-state index contributed by atoms with van der Waals surface area (Å²) in [6.07, 6.45) is 2.39. The monoisotopic (exact) mass is 187 g/mol. The molecule has 0 saturated carbocycles. The lowest BCUT2D eigenvalue weighted by Crippen LogP contribution is -2.17. The molecule has 2 nitrogen and oxygen atoms in total. The molecule has 0 radical (unpaired) electrons. The van der Waals surface area contributed by atoms with Gasteiger partial charge in [-0.2, -0.15) is 0 Å². The number of hydrogen-bond donors (Lipinski definition) is 1. The van der Waals surface area contributed by atoms with Gasteiger partial charge in [-0.25, -0.2) is 0 Å². The predicted octanol–water partition coefficient (Wildman–Crippen LogP) is 2.44. The number of nitrogens with one attached hydrogen (secondary N) is 1. The Kier molecular flexibility index (Phi) is 7.29. The van der Waals surface area contributed by atoms with Crippen LogP contribution in [0.1, 0.15) is 40.5 Å². The predicted molar refractivity (Wildman–Crippen MR) is 58.1 cm³/mol. The first-order valence-corrected chi connectivity index (χ1v) is 5.35. The van der Waals surface area contributed by atoms with Crippen molar-refractivity contribution in [3.05, 3.63) is 0 Å². The van der Waals surface area contributed by atoms with Crippen molar-refractivity contribution >= 4 is 0 Å². The van der Waals surface area contributed by atoms with Crippen LogP contribution in [0.3, 0.4) is 0 Å². The number of hydrogen-bond acceptors (Lipinski definition) is 2. The van der Waals surface area contributed by atoms with E-state index in [9.17, 15) is 0 Å². The Hall–Kier alpha value is -0.0800. The van der Waals surface area contributed by atoms with Crippen LogP contribution in [0.5, 0.6) is 0 Å². The van der Waals surface area contributed by atoms with Gasteiger partial charge < -0.3 is 10.1 Å². The minimum atomic E-state index is 0.307. The maximum atomic E-state index is 5.55. The van der Waals surface area contributed by atoms with E-state index in [0.29, 0.717) is 5.41 Å². The van der Waals surface area contributed by atoms with E-state index in [0.717, 1.165) is 26.3 Å². The summed E-state index contributed by atoms with van der Waals surface area (Å²) >= 11 is 0. The zero-order chi connectivity index (χ0) is 10.2. The summed E-state index contributed by atoms with van der Waals surface area (Å²) in [6, 6.07) is 0. The van der Waals surface area contributed by atoms with Gasteiger partial charge in [0.25, 0.3) is 0 Å². The van der Waals surface area contributed by atoms with Gasteiger partial charge in [-0.15, -0.1) is 0 Å². The smallest absolute Gasteiger partial charge is 0.0514 e. The molecule has 0 aromatic carbocycles. The van der Waals surface area contributed by atoms with Crippen LogP contribution in [0.25, 0.3) is 0 Å². The molecule has 0 aromatic rings. The molecule has 0 atom stereocenters. The Morgan fingerprint density at radius 1 is 1.15 bits per heavy atom. The topological polar surface area (TPSA) is 21.3 Å². The van der Waals surface area contributed by atoms with E-state index in [1.54, 1.807) is 0 Å². The molecule has 0 saturated heterocycles. The van der Waals surface area contributed by atoms with Gasteiger partial charge in [0, 0.05) is 6.61 Å². The van der Waals surface area contributed by atoms with E-state index in [2.05, 4.69) is 33.0 Å². The first-order valence-electron chi connectivity index (χ1n) is 5.35. The van der Waals surface area contributed by atoms with Gasteiger partial charge in [0.1, 0.15) is 0 Å². The largest absolute Gasteiger partial charge is 0.381 e. The molecule has 0 amide bonds. The van der Waals surface area contributed by atoms with Crippen molar-refractivity contribution < 1.29 is 4.74 Å². The molecule has 13 heavy (non-hydrogen) atoms. The zero-order valence-electron chi connectivity index (χ0n) is 9.65. The summed E-state index contributed by atoms with van der Waals surface area (Å²) in [5.74, 6) is 0. The highest BCUT2D eigenvalue weighted by Gasteiger charge is 2.09. The van der Waals surface area contributed by atoms with Crippen molar-refractivity contribution in [2.24, 2.45) is 5.41 Å². The maximum Gasteiger partial charge on any atom is 0.0514 e. The summed E-state index contributed by atoms with van der Waals surface area (Å²) in [7, 11) is 0. The summed E-state index contributed by atoms with van der Waals surface area (Å²) < 4.78 is 5.55. The Balaban J connectivity index is 3.00. The second-order valence-electron chi connectivity index (χ2n) is 4.67. The van der Waals surface area contributed by atoms with Crippen molar-refractivity contribution in [3.63, 3.8) is 0 Å². The molecule has 80 valence electrons. The summed E-state index contributed by atoms with van der Waals surface area (Å²) in [5.41, 5.74) is 0.307. The highest BCUT2D eigenvalue weighted by atomic mass is 16.5. The molecule has 0 rings (SSSR count). The van der Waals surface area contributed by atoms with Gasteiger partial charge in [-0.05, 0) is 31.3 Å². The van der Waals surface area contributed by atoms with Gasteiger partial charge >= 0.3 is 0 Å². The Bertz CT molecular complexity index is 107. The van der Waals surface area contributed by atoms with Crippen LogP contribution in [0.2, 0.25) is 0 Å². The molecule has 0 aliphatic carbocycles. The first-order chi connectivity index (χ1) is 6.06. The maximum absolute atomic E-state index is 5.55. The molecule has 0 aliphatic heterocycles. The van der Waals surface area contributed by atoms with Crippen molar-refractivity contribution in [1.29, 1.82) is 0 Å². The van der Waals surface area contributed by atoms with E-state index in [1.165, 1.54) is 12.8 Å². The molecule has 1 N–H and O–H groups in total. The molecule has 0 unspecified atom stereocenters. The fourth-order valence-electron chi connectivity index (χ4n) is 1.01. The standard InChI is InChI=1S/C11H25NO/c1-5-12-8-6-7-9-13-10-11(2,3)4/h12H,5-10H2,1-4H3. The van der Waals surface area contributed by atoms with Crippen LogP contribution < -0.4 is 5.32 Å². The molecule has 0 fully saturated rings. The third-order valence-electron chi connectivity index (χ3n) is 1.68. The van der Waals surface area contributed by atoms with E-state index in [4.69, 9.17) is 4.74 Å². The van der Waals surface area contributed by atoms with Crippen molar-refractivity contribution in [1.82, 2.24) is 5.32 Å². The fourth-order valence-corrected chi connectivity index (χ4v) is 1.01. The summed E-state index contributed by atoms with van der Waals surface area (Å²) in [6.45, 7) is 12.7. The third kappa shape index (κ3) is 11.9. The lowest BCUT2D eigenvalue weighted by molar-refractivity contribution is 0.0689. The van der Waals surface area contributed by atoms with Gasteiger partial charge in [-0.1, -0.05) is 27.7 Å². The number of rotatable bonds is 7. The SMILES string of the molecule is CCNCCCCOCC(C)(C)C. The van der Waals surface area contributed by atoms with Crippen LogP contribution in [-0.2, 0) is 4.74 Å². The molecule has 0 aromatic heterocycles. The van der Waals surface area contributed by atoms with Gasteiger partial charge in [0.15, 0.2) is 0 Å². The highest BCUT2D eigenvalue weighted by Crippen LogP contribution is 2.12. The molecular weight excluding hydrogens is 162 g/mol. The van der Waals surface area contributed by atoms with Crippen molar-refractivity contribution in [3.8, 4) is 0 Å². The molecular formula is C11H25NO.